The van der Waals surface area contributed by atoms with Gasteiger partial charge in [0.1, 0.15) is 11.6 Å². The third-order valence-corrected chi connectivity index (χ3v) is 2.76. The highest BCUT2D eigenvalue weighted by Gasteiger charge is 2.17. The molecule has 0 atom stereocenters. The number of ether oxygens (including phenoxy) is 2. The monoisotopic (exact) mass is 304 g/mol. The van der Waals surface area contributed by atoms with Crippen LogP contribution in [0.25, 0.3) is 0 Å². The van der Waals surface area contributed by atoms with Crippen molar-refractivity contribution in [2.75, 3.05) is 12.4 Å². The molecule has 116 valence electrons. The first-order valence-corrected chi connectivity index (χ1v) is 6.78. The molecule has 0 aliphatic rings. The van der Waals surface area contributed by atoms with Crippen LogP contribution in [-0.4, -0.2) is 24.1 Å². The van der Waals surface area contributed by atoms with Gasteiger partial charge in [0, 0.05) is 12.3 Å². The number of aromatic nitrogens is 1. The van der Waals surface area contributed by atoms with Crippen molar-refractivity contribution < 1.29 is 18.7 Å². The average Bonchev–Trinajstić information content (AvgIpc) is 2.47. The Morgan fingerprint density at radius 2 is 2.05 bits per heavy atom. The summed E-state index contributed by atoms with van der Waals surface area (Å²) in [5.41, 5.74) is 0.358. The number of anilines is 1. The van der Waals surface area contributed by atoms with Crippen molar-refractivity contribution >= 4 is 11.6 Å². The molecule has 0 fully saturated rings. The molecule has 0 saturated carbocycles. The number of nitrogens with one attached hydrogen (secondary N) is 1. The van der Waals surface area contributed by atoms with Crippen LogP contribution >= 0.6 is 0 Å². The fourth-order valence-electron chi connectivity index (χ4n) is 1.87. The standard InChI is InChI=1S/C16H17FN2O3/c1-10(2)22-14-5-4-8-18-15(14)16(20)19-12-9-11(17)6-7-13(12)21-3/h4-10H,1-3H3,(H,19,20). The van der Waals surface area contributed by atoms with Gasteiger partial charge >= 0.3 is 0 Å². The van der Waals surface area contributed by atoms with Gasteiger partial charge in [-0.1, -0.05) is 0 Å². The maximum Gasteiger partial charge on any atom is 0.278 e. The number of methoxy groups -OCH3 is 1. The van der Waals surface area contributed by atoms with Gasteiger partial charge in [-0.3, -0.25) is 4.79 Å². The molecule has 0 spiro atoms. The number of carbonyl (C=O) groups excluding carboxylic acids is 1. The Bertz CT molecular complexity index is 674. The molecule has 0 radical (unpaired) electrons. The van der Waals surface area contributed by atoms with E-state index in [2.05, 4.69) is 10.3 Å². The fraction of sp³-hybridized carbons (Fsp3) is 0.250. The van der Waals surface area contributed by atoms with Crippen molar-refractivity contribution in [3.8, 4) is 11.5 Å². The third kappa shape index (κ3) is 3.72. The highest BCUT2D eigenvalue weighted by molar-refractivity contribution is 6.05. The Balaban J connectivity index is 2.28. The lowest BCUT2D eigenvalue weighted by atomic mass is 10.2. The molecule has 1 amide bonds. The third-order valence-electron chi connectivity index (χ3n) is 2.76. The number of hydrogen-bond acceptors (Lipinski definition) is 4. The zero-order chi connectivity index (χ0) is 16.1. The number of nitrogens with zero attached hydrogens (tertiary/aromatic N) is 1. The SMILES string of the molecule is COc1ccc(F)cc1NC(=O)c1ncccc1OC(C)C. The lowest BCUT2D eigenvalue weighted by Gasteiger charge is -2.14. The number of benzene rings is 1. The van der Waals surface area contributed by atoms with E-state index >= 15 is 0 Å². The second kappa shape index (κ2) is 6.89. The van der Waals surface area contributed by atoms with Gasteiger partial charge in [0.25, 0.3) is 5.91 Å². The highest BCUT2D eigenvalue weighted by atomic mass is 19.1. The summed E-state index contributed by atoms with van der Waals surface area (Å²) < 4.78 is 24.0. The zero-order valence-corrected chi connectivity index (χ0v) is 12.6. The Morgan fingerprint density at radius 3 is 2.73 bits per heavy atom. The molecule has 22 heavy (non-hydrogen) atoms. The molecule has 1 aromatic carbocycles. The maximum absolute atomic E-state index is 13.3. The lowest BCUT2D eigenvalue weighted by molar-refractivity contribution is 0.101. The van der Waals surface area contributed by atoms with Crippen molar-refractivity contribution in [1.82, 2.24) is 4.98 Å². The van der Waals surface area contributed by atoms with E-state index in [0.717, 1.165) is 0 Å². The van der Waals surface area contributed by atoms with Gasteiger partial charge in [-0.2, -0.15) is 0 Å². The lowest BCUT2D eigenvalue weighted by Crippen LogP contribution is -2.17. The summed E-state index contributed by atoms with van der Waals surface area (Å²) in [6.07, 6.45) is 1.39. The number of halogens is 1. The largest absolute Gasteiger partial charge is 0.495 e. The number of amides is 1. The maximum atomic E-state index is 13.3. The van der Waals surface area contributed by atoms with E-state index in [4.69, 9.17) is 9.47 Å². The molecule has 6 heteroatoms. The van der Waals surface area contributed by atoms with Crippen LogP contribution < -0.4 is 14.8 Å². The summed E-state index contributed by atoms with van der Waals surface area (Å²) in [5, 5.41) is 2.59. The van der Waals surface area contributed by atoms with E-state index in [0.29, 0.717) is 11.5 Å². The van der Waals surface area contributed by atoms with Gasteiger partial charge in [0.2, 0.25) is 0 Å². The summed E-state index contributed by atoms with van der Waals surface area (Å²) in [6.45, 7) is 3.70. The van der Waals surface area contributed by atoms with Crippen molar-refractivity contribution in [2.45, 2.75) is 20.0 Å². The molecule has 2 aromatic rings. The van der Waals surface area contributed by atoms with E-state index < -0.39 is 11.7 Å². The first kappa shape index (κ1) is 15.8. The summed E-state index contributed by atoms with van der Waals surface area (Å²) in [5.74, 6) is -0.252. The molecular formula is C16H17FN2O3. The first-order chi connectivity index (χ1) is 10.5. The van der Waals surface area contributed by atoms with Crippen molar-refractivity contribution in [2.24, 2.45) is 0 Å². The smallest absolute Gasteiger partial charge is 0.278 e. The minimum Gasteiger partial charge on any atom is -0.495 e. The molecule has 1 aromatic heterocycles. The minimum atomic E-state index is -0.500. The number of rotatable bonds is 5. The quantitative estimate of drug-likeness (QED) is 0.921. The van der Waals surface area contributed by atoms with E-state index in [9.17, 15) is 9.18 Å². The molecule has 1 N–H and O–H groups in total. The van der Waals surface area contributed by atoms with Gasteiger partial charge in [-0.05, 0) is 38.1 Å². The zero-order valence-electron chi connectivity index (χ0n) is 12.6. The Morgan fingerprint density at radius 1 is 1.27 bits per heavy atom. The van der Waals surface area contributed by atoms with Crippen molar-refractivity contribution in [3.63, 3.8) is 0 Å². The van der Waals surface area contributed by atoms with Gasteiger partial charge < -0.3 is 14.8 Å². The molecule has 2 rings (SSSR count). The van der Waals surface area contributed by atoms with Gasteiger partial charge in [0.15, 0.2) is 11.4 Å². The molecule has 0 saturated heterocycles. The first-order valence-electron chi connectivity index (χ1n) is 6.78. The molecule has 5 nitrogen and oxygen atoms in total. The van der Waals surface area contributed by atoms with Gasteiger partial charge in [-0.25, -0.2) is 9.37 Å². The Labute approximate surface area is 128 Å². The van der Waals surface area contributed by atoms with Gasteiger partial charge in [-0.15, -0.1) is 0 Å². The van der Waals surface area contributed by atoms with Crippen LogP contribution in [-0.2, 0) is 0 Å². The van der Waals surface area contributed by atoms with E-state index in [1.807, 2.05) is 13.8 Å². The molecule has 0 aliphatic heterocycles. The Kier molecular flexibility index (Phi) is 4.93. The number of pyridine rings is 1. The van der Waals surface area contributed by atoms with Crippen LogP contribution in [0.1, 0.15) is 24.3 Å². The van der Waals surface area contributed by atoms with Gasteiger partial charge in [0.05, 0.1) is 18.9 Å². The van der Waals surface area contributed by atoms with Crippen LogP contribution in [0.5, 0.6) is 11.5 Å². The predicted molar refractivity (Wildman–Crippen MR) is 80.9 cm³/mol. The van der Waals surface area contributed by atoms with E-state index in [-0.39, 0.29) is 17.5 Å². The summed E-state index contributed by atoms with van der Waals surface area (Å²) in [7, 11) is 1.44. The number of carbonyl (C=O) groups is 1. The predicted octanol–water partition coefficient (Wildman–Crippen LogP) is 3.27. The second-order valence-electron chi connectivity index (χ2n) is 4.82. The average molecular weight is 304 g/mol. The summed E-state index contributed by atoms with van der Waals surface area (Å²) >= 11 is 0. The van der Waals surface area contributed by atoms with Crippen LogP contribution in [0.2, 0.25) is 0 Å². The summed E-state index contributed by atoms with van der Waals surface area (Å²) in [6, 6.07) is 7.21. The molecular weight excluding hydrogens is 287 g/mol. The molecule has 0 bridgehead atoms. The topological polar surface area (TPSA) is 60.5 Å². The van der Waals surface area contributed by atoms with E-state index in [1.54, 1.807) is 12.1 Å². The van der Waals surface area contributed by atoms with Crippen LogP contribution in [0.15, 0.2) is 36.5 Å². The molecule has 0 aliphatic carbocycles. The fourth-order valence-corrected chi connectivity index (χ4v) is 1.87. The van der Waals surface area contributed by atoms with Crippen LogP contribution in [0, 0.1) is 5.82 Å². The van der Waals surface area contributed by atoms with Crippen molar-refractivity contribution in [1.29, 1.82) is 0 Å². The van der Waals surface area contributed by atoms with Crippen molar-refractivity contribution in [3.05, 3.63) is 48.0 Å². The van der Waals surface area contributed by atoms with Crippen LogP contribution in [0.4, 0.5) is 10.1 Å². The summed E-state index contributed by atoms with van der Waals surface area (Å²) in [4.78, 5) is 16.4. The minimum absolute atomic E-state index is 0.0977. The Hall–Kier alpha value is -2.63. The van der Waals surface area contributed by atoms with E-state index in [1.165, 1.54) is 31.5 Å². The second-order valence-corrected chi connectivity index (χ2v) is 4.82. The normalized spacial score (nSPS) is 10.4. The number of hydrogen-bond donors (Lipinski definition) is 1. The molecule has 0 unspecified atom stereocenters. The van der Waals surface area contributed by atoms with Crippen LogP contribution in [0.3, 0.4) is 0 Å². The highest BCUT2D eigenvalue weighted by Crippen LogP contribution is 2.26. The molecule has 1 heterocycles.